The SMILES string of the molecule is NC(=O)c1ccc(F)c(CNC2CCOC2)c1. The van der Waals surface area contributed by atoms with Gasteiger partial charge in [-0.25, -0.2) is 4.39 Å². The van der Waals surface area contributed by atoms with Crippen molar-refractivity contribution in [2.45, 2.75) is 19.0 Å². The van der Waals surface area contributed by atoms with Crippen LogP contribution < -0.4 is 11.1 Å². The predicted molar refractivity (Wildman–Crippen MR) is 61.0 cm³/mol. The molecule has 1 aromatic carbocycles. The van der Waals surface area contributed by atoms with Crippen LogP contribution in [0.5, 0.6) is 0 Å². The molecule has 92 valence electrons. The van der Waals surface area contributed by atoms with E-state index in [9.17, 15) is 9.18 Å². The van der Waals surface area contributed by atoms with Crippen LogP contribution in [0, 0.1) is 5.82 Å². The van der Waals surface area contributed by atoms with Gasteiger partial charge in [-0.05, 0) is 24.6 Å². The number of halogens is 1. The molecule has 0 radical (unpaired) electrons. The van der Waals surface area contributed by atoms with Crippen molar-refractivity contribution in [2.24, 2.45) is 5.73 Å². The number of hydrogen-bond donors (Lipinski definition) is 2. The minimum absolute atomic E-state index is 0.256. The van der Waals surface area contributed by atoms with E-state index >= 15 is 0 Å². The van der Waals surface area contributed by atoms with Gasteiger partial charge in [0.1, 0.15) is 5.82 Å². The minimum Gasteiger partial charge on any atom is -0.380 e. The van der Waals surface area contributed by atoms with Crippen LogP contribution in [0.25, 0.3) is 0 Å². The molecule has 1 aliphatic rings. The van der Waals surface area contributed by atoms with E-state index in [1.54, 1.807) is 0 Å². The summed E-state index contributed by atoms with van der Waals surface area (Å²) in [6, 6.07) is 4.40. The van der Waals surface area contributed by atoms with E-state index in [2.05, 4.69) is 5.32 Å². The predicted octanol–water partition coefficient (Wildman–Crippen LogP) is 0.803. The number of ether oxygens (including phenoxy) is 1. The lowest BCUT2D eigenvalue weighted by Crippen LogP contribution is -2.29. The van der Waals surface area contributed by atoms with E-state index in [1.165, 1.54) is 18.2 Å². The van der Waals surface area contributed by atoms with Gasteiger partial charge in [-0.3, -0.25) is 4.79 Å². The quantitative estimate of drug-likeness (QED) is 0.815. The van der Waals surface area contributed by atoms with Gasteiger partial charge >= 0.3 is 0 Å². The first kappa shape index (κ1) is 12.0. The van der Waals surface area contributed by atoms with E-state index in [0.29, 0.717) is 24.3 Å². The van der Waals surface area contributed by atoms with Crippen molar-refractivity contribution in [1.29, 1.82) is 0 Å². The van der Waals surface area contributed by atoms with E-state index in [0.717, 1.165) is 13.0 Å². The smallest absolute Gasteiger partial charge is 0.248 e. The summed E-state index contributed by atoms with van der Waals surface area (Å²) < 4.78 is 18.7. The average Bonchev–Trinajstić information content (AvgIpc) is 2.80. The molecule has 1 aliphatic heterocycles. The molecular formula is C12H15FN2O2. The number of amides is 1. The van der Waals surface area contributed by atoms with E-state index in [-0.39, 0.29) is 11.9 Å². The molecule has 1 amide bonds. The highest BCUT2D eigenvalue weighted by molar-refractivity contribution is 5.92. The molecule has 0 saturated carbocycles. The summed E-state index contributed by atoms with van der Waals surface area (Å²) in [5.74, 6) is -0.878. The largest absolute Gasteiger partial charge is 0.380 e. The molecule has 4 nitrogen and oxygen atoms in total. The first-order chi connectivity index (χ1) is 8.16. The van der Waals surface area contributed by atoms with E-state index < -0.39 is 5.91 Å². The monoisotopic (exact) mass is 238 g/mol. The molecule has 2 rings (SSSR count). The Morgan fingerprint density at radius 2 is 2.41 bits per heavy atom. The lowest BCUT2D eigenvalue weighted by Gasteiger charge is -2.11. The highest BCUT2D eigenvalue weighted by Crippen LogP contribution is 2.12. The number of carbonyl (C=O) groups excluding carboxylic acids is 1. The van der Waals surface area contributed by atoms with Crippen LogP contribution in [0.15, 0.2) is 18.2 Å². The van der Waals surface area contributed by atoms with Gasteiger partial charge in [0.05, 0.1) is 6.61 Å². The number of hydrogen-bond acceptors (Lipinski definition) is 3. The van der Waals surface area contributed by atoms with Crippen molar-refractivity contribution < 1.29 is 13.9 Å². The molecule has 1 saturated heterocycles. The fourth-order valence-electron chi connectivity index (χ4n) is 1.81. The summed E-state index contributed by atoms with van der Waals surface area (Å²) in [5.41, 5.74) is 5.93. The normalized spacial score (nSPS) is 19.5. The van der Waals surface area contributed by atoms with Crippen molar-refractivity contribution in [1.82, 2.24) is 5.32 Å². The molecule has 0 aliphatic carbocycles. The third kappa shape index (κ3) is 3.01. The fourth-order valence-corrected chi connectivity index (χ4v) is 1.81. The van der Waals surface area contributed by atoms with Gasteiger partial charge in [0.2, 0.25) is 5.91 Å². The standard InChI is InChI=1S/C12H15FN2O2/c13-11-2-1-8(12(14)16)5-9(11)6-15-10-3-4-17-7-10/h1-2,5,10,15H,3-4,6-7H2,(H2,14,16). The lowest BCUT2D eigenvalue weighted by atomic mass is 10.1. The summed E-state index contributed by atoms with van der Waals surface area (Å²) in [5, 5.41) is 3.19. The highest BCUT2D eigenvalue weighted by atomic mass is 19.1. The number of primary amides is 1. The van der Waals surface area contributed by atoms with Crippen molar-refractivity contribution in [3.63, 3.8) is 0 Å². The van der Waals surface area contributed by atoms with Crippen LogP contribution in [-0.2, 0) is 11.3 Å². The lowest BCUT2D eigenvalue weighted by molar-refractivity contribution is 0.1000. The molecule has 1 heterocycles. The van der Waals surface area contributed by atoms with E-state index in [1.807, 2.05) is 0 Å². The molecule has 0 aromatic heterocycles. The summed E-state index contributed by atoms with van der Waals surface area (Å²) in [6.07, 6.45) is 0.928. The number of benzene rings is 1. The maximum atomic E-state index is 13.5. The molecule has 1 aromatic rings. The molecule has 5 heteroatoms. The Hall–Kier alpha value is -1.46. The van der Waals surface area contributed by atoms with Gasteiger partial charge < -0.3 is 15.8 Å². The van der Waals surface area contributed by atoms with Crippen molar-refractivity contribution in [3.05, 3.63) is 35.1 Å². The Morgan fingerprint density at radius 1 is 1.59 bits per heavy atom. The van der Waals surface area contributed by atoms with Crippen molar-refractivity contribution in [3.8, 4) is 0 Å². The highest BCUT2D eigenvalue weighted by Gasteiger charge is 2.15. The zero-order chi connectivity index (χ0) is 12.3. The summed E-state index contributed by atoms with van der Waals surface area (Å²) >= 11 is 0. The third-order valence-corrected chi connectivity index (χ3v) is 2.84. The maximum Gasteiger partial charge on any atom is 0.248 e. The molecule has 1 atom stereocenters. The van der Waals surface area contributed by atoms with Crippen LogP contribution in [-0.4, -0.2) is 25.2 Å². The summed E-state index contributed by atoms with van der Waals surface area (Å²) in [7, 11) is 0. The Bertz CT molecular complexity index is 417. The second-order valence-corrected chi connectivity index (χ2v) is 4.11. The molecule has 17 heavy (non-hydrogen) atoms. The van der Waals surface area contributed by atoms with E-state index in [4.69, 9.17) is 10.5 Å². The molecule has 3 N–H and O–H groups in total. The van der Waals surface area contributed by atoms with Gasteiger partial charge in [-0.15, -0.1) is 0 Å². The zero-order valence-electron chi connectivity index (χ0n) is 9.41. The number of rotatable bonds is 4. The summed E-state index contributed by atoms with van der Waals surface area (Å²) in [4.78, 5) is 11.0. The van der Waals surface area contributed by atoms with Gasteiger partial charge in [0, 0.05) is 30.3 Å². The van der Waals surface area contributed by atoms with Crippen LogP contribution in [0.2, 0.25) is 0 Å². The first-order valence-electron chi connectivity index (χ1n) is 5.56. The average molecular weight is 238 g/mol. The Labute approximate surface area is 98.9 Å². The Morgan fingerprint density at radius 3 is 3.06 bits per heavy atom. The van der Waals surface area contributed by atoms with Gasteiger partial charge in [-0.2, -0.15) is 0 Å². The fraction of sp³-hybridized carbons (Fsp3) is 0.417. The van der Waals surface area contributed by atoms with Crippen LogP contribution >= 0.6 is 0 Å². The van der Waals surface area contributed by atoms with Gasteiger partial charge in [0.15, 0.2) is 0 Å². The van der Waals surface area contributed by atoms with Crippen LogP contribution in [0.4, 0.5) is 4.39 Å². The van der Waals surface area contributed by atoms with Crippen LogP contribution in [0.3, 0.4) is 0 Å². The molecule has 1 fully saturated rings. The molecule has 0 bridgehead atoms. The second-order valence-electron chi connectivity index (χ2n) is 4.11. The number of carbonyl (C=O) groups is 1. The summed E-state index contributed by atoms with van der Waals surface area (Å²) in [6.45, 7) is 1.76. The van der Waals surface area contributed by atoms with Crippen molar-refractivity contribution in [2.75, 3.05) is 13.2 Å². The number of nitrogens with one attached hydrogen (secondary N) is 1. The minimum atomic E-state index is -0.546. The maximum absolute atomic E-state index is 13.5. The molecule has 1 unspecified atom stereocenters. The van der Waals surface area contributed by atoms with Gasteiger partial charge in [-0.1, -0.05) is 0 Å². The second kappa shape index (κ2) is 5.25. The molecule has 0 spiro atoms. The zero-order valence-corrected chi connectivity index (χ0v) is 9.41. The third-order valence-electron chi connectivity index (χ3n) is 2.84. The van der Waals surface area contributed by atoms with Gasteiger partial charge in [0.25, 0.3) is 0 Å². The van der Waals surface area contributed by atoms with Crippen LogP contribution in [0.1, 0.15) is 22.3 Å². The molecular weight excluding hydrogens is 223 g/mol. The number of nitrogens with two attached hydrogens (primary N) is 1. The topological polar surface area (TPSA) is 64.4 Å². The Balaban J connectivity index is 2.03. The van der Waals surface area contributed by atoms with Crippen molar-refractivity contribution >= 4 is 5.91 Å². The Kier molecular flexibility index (Phi) is 3.71. The first-order valence-corrected chi connectivity index (χ1v) is 5.56.